The van der Waals surface area contributed by atoms with E-state index in [9.17, 15) is 9.59 Å². The molecule has 0 aromatic heterocycles. The molecule has 1 aromatic carbocycles. The smallest absolute Gasteiger partial charge is 0.409 e. The first-order valence-electron chi connectivity index (χ1n) is 5.57. The van der Waals surface area contributed by atoms with Gasteiger partial charge < -0.3 is 9.64 Å². The van der Waals surface area contributed by atoms with Gasteiger partial charge in [-0.15, -0.1) is 0 Å². The van der Waals surface area contributed by atoms with E-state index in [1.807, 2.05) is 24.3 Å². The first kappa shape index (κ1) is 11.6. The summed E-state index contributed by atoms with van der Waals surface area (Å²) in [4.78, 5) is 23.9. The highest BCUT2D eigenvalue weighted by molar-refractivity contribution is 5.94. The zero-order valence-corrected chi connectivity index (χ0v) is 9.97. The van der Waals surface area contributed by atoms with Crippen LogP contribution in [0.25, 0.3) is 0 Å². The van der Waals surface area contributed by atoms with Crippen LogP contribution >= 0.6 is 0 Å². The van der Waals surface area contributed by atoms with Crippen molar-refractivity contribution in [3.8, 4) is 0 Å². The number of hydrogen-bond acceptors (Lipinski definition) is 3. The monoisotopic (exact) mass is 233 g/mol. The fourth-order valence-electron chi connectivity index (χ4n) is 1.87. The van der Waals surface area contributed by atoms with Crippen LogP contribution in [0.3, 0.4) is 0 Å². The Kier molecular flexibility index (Phi) is 3.13. The first-order valence-corrected chi connectivity index (χ1v) is 5.57. The number of likely N-dealkylation sites (N-methyl/N-ethyl adjacent to an activating group) is 1. The van der Waals surface area contributed by atoms with Gasteiger partial charge in [-0.1, -0.05) is 24.3 Å². The highest BCUT2D eigenvalue weighted by atomic mass is 16.6. The van der Waals surface area contributed by atoms with Crippen molar-refractivity contribution in [1.29, 1.82) is 0 Å². The zero-order valence-electron chi connectivity index (χ0n) is 9.97. The van der Waals surface area contributed by atoms with Crippen LogP contribution in [0.15, 0.2) is 24.3 Å². The summed E-state index contributed by atoms with van der Waals surface area (Å²) >= 11 is 0. The van der Waals surface area contributed by atoms with Crippen LogP contribution in [-0.4, -0.2) is 36.5 Å². The van der Waals surface area contributed by atoms with Crippen molar-refractivity contribution in [1.82, 2.24) is 4.90 Å². The largest absolute Gasteiger partial charge is 0.447 e. The van der Waals surface area contributed by atoms with E-state index in [2.05, 4.69) is 0 Å². The van der Waals surface area contributed by atoms with Crippen LogP contribution in [0.5, 0.6) is 0 Å². The van der Waals surface area contributed by atoms with Gasteiger partial charge in [-0.3, -0.25) is 4.79 Å². The van der Waals surface area contributed by atoms with E-state index in [1.54, 1.807) is 18.9 Å². The van der Waals surface area contributed by atoms with Gasteiger partial charge in [0.25, 0.3) is 0 Å². The molecule has 4 nitrogen and oxygen atoms in total. The topological polar surface area (TPSA) is 46.6 Å². The van der Waals surface area contributed by atoms with E-state index in [1.165, 1.54) is 0 Å². The molecule has 0 bridgehead atoms. The number of Topliss-reactive ketones (excluding diaryl/α,β-unsaturated/α-hetero) is 1. The molecule has 1 heterocycles. The maximum atomic E-state index is 11.2. The molecule has 1 fully saturated rings. The highest BCUT2D eigenvalue weighted by Gasteiger charge is 2.29. The second-order valence-electron chi connectivity index (χ2n) is 4.30. The van der Waals surface area contributed by atoms with Crippen molar-refractivity contribution in [3.63, 3.8) is 0 Å². The van der Waals surface area contributed by atoms with Gasteiger partial charge in [0.15, 0.2) is 5.78 Å². The van der Waals surface area contributed by atoms with Gasteiger partial charge in [0.2, 0.25) is 0 Å². The molecule has 1 aliphatic rings. The molecule has 4 heteroatoms. The van der Waals surface area contributed by atoms with E-state index in [-0.39, 0.29) is 17.9 Å². The molecular formula is C13H15NO3. The third-order valence-electron chi connectivity index (χ3n) is 3.07. The maximum Gasteiger partial charge on any atom is 0.409 e. The van der Waals surface area contributed by atoms with Crippen molar-refractivity contribution in [3.05, 3.63) is 35.4 Å². The predicted octanol–water partition coefficient (Wildman–Crippen LogP) is 1.88. The second-order valence-corrected chi connectivity index (χ2v) is 4.30. The lowest BCUT2D eigenvalue weighted by Crippen LogP contribution is -2.31. The fraction of sp³-hybridized carbons (Fsp3) is 0.385. The summed E-state index contributed by atoms with van der Waals surface area (Å²) in [6.45, 7) is 1.98. The number of benzene rings is 1. The molecule has 1 unspecified atom stereocenters. The van der Waals surface area contributed by atoms with Crippen LogP contribution in [0.2, 0.25) is 0 Å². The third-order valence-corrected chi connectivity index (χ3v) is 3.07. The molecule has 1 aliphatic heterocycles. The number of carbonyl (C=O) groups is 2. The molecular weight excluding hydrogens is 218 g/mol. The molecule has 17 heavy (non-hydrogen) atoms. The highest BCUT2D eigenvalue weighted by Crippen LogP contribution is 2.15. The van der Waals surface area contributed by atoms with Crippen LogP contribution < -0.4 is 0 Å². The number of ether oxygens (including phenoxy) is 1. The van der Waals surface area contributed by atoms with Crippen LogP contribution in [-0.2, 0) is 11.2 Å². The van der Waals surface area contributed by atoms with Crippen molar-refractivity contribution in [2.24, 2.45) is 0 Å². The summed E-state index contributed by atoms with van der Waals surface area (Å²) < 4.78 is 4.94. The molecule has 1 atom stereocenters. The average molecular weight is 233 g/mol. The number of ketones is 1. The lowest BCUT2D eigenvalue weighted by molar-refractivity contribution is 0.101. The summed E-state index contributed by atoms with van der Waals surface area (Å²) in [6, 6.07) is 7.57. The van der Waals surface area contributed by atoms with Crippen molar-refractivity contribution in [2.75, 3.05) is 13.7 Å². The van der Waals surface area contributed by atoms with Crippen molar-refractivity contribution in [2.45, 2.75) is 19.4 Å². The average Bonchev–Trinajstić information content (AvgIpc) is 2.62. The molecule has 1 amide bonds. The summed E-state index contributed by atoms with van der Waals surface area (Å²) in [5.41, 5.74) is 1.81. The summed E-state index contributed by atoms with van der Waals surface area (Å²) in [5.74, 6) is 0.0630. The molecule has 1 aromatic rings. The number of nitrogens with zero attached hydrogens (tertiary/aromatic N) is 1. The Labute approximate surface area is 100 Å². The Morgan fingerprint density at radius 3 is 2.53 bits per heavy atom. The third kappa shape index (κ3) is 2.46. The minimum atomic E-state index is -0.268. The van der Waals surface area contributed by atoms with Gasteiger partial charge in [-0.2, -0.15) is 0 Å². The first-order chi connectivity index (χ1) is 8.08. The van der Waals surface area contributed by atoms with Gasteiger partial charge in [0, 0.05) is 12.6 Å². The quantitative estimate of drug-likeness (QED) is 0.749. The predicted molar refractivity (Wildman–Crippen MR) is 63.0 cm³/mol. The van der Waals surface area contributed by atoms with Gasteiger partial charge >= 0.3 is 6.09 Å². The molecule has 0 N–H and O–H groups in total. The van der Waals surface area contributed by atoms with Crippen LogP contribution in [0.4, 0.5) is 4.79 Å². The van der Waals surface area contributed by atoms with Gasteiger partial charge in [0.1, 0.15) is 6.61 Å². The minimum absolute atomic E-state index is 0.0630. The van der Waals surface area contributed by atoms with E-state index in [0.717, 1.165) is 12.0 Å². The number of carbonyl (C=O) groups excluding carboxylic acids is 2. The zero-order chi connectivity index (χ0) is 12.4. The van der Waals surface area contributed by atoms with Gasteiger partial charge in [-0.05, 0) is 18.9 Å². The van der Waals surface area contributed by atoms with Gasteiger partial charge in [-0.25, -0.2) is 4.79 Å². The van der Waals surface area contributed by atoms with Crippen molar-refractivity contribution < 1.29 is 14.3 Å². The molecule has 0 saturated carbocycles. The lowest BCUT2D eigenvalue weighted by atomic mass is 10.0. The number of amides is 1. The normalized spacial score (nSPS) is 19.3. The summed E-state index contributed by atoms with van der Waals surface area (Å²) in [6.07, 6.45) is 0.482. The summed E-state index contributed by atoms with van der Waals surface area (Å²) in [5, 5.41) is 0. The summed E-state index contributed by atoms with van der Waals surface area (Å²) in [7, 11) is 1.74. The fourth-order valence-corrected chi connectivity index (χ4v) is 1.87. The van der Waals surface area contributed by atoms with Crippen LogP contribution in [0.1, 0.15) is 22.8 Å². The van der Waals surface area contributed by atoms with E-state index < -0.39 is 0 Å². The van der Waals surface area contributed by atoms with E-state index >= 15 is 0 Å². The molecule has 0 radical (unpaired) electrons. The molecule has 1 saturated heterocycles. The van der Waals surface area contributed by atoms with Crippen LogP contribution in [0, 0.1) is 0 Å². The minimum Gasteiger partial charge on any atom is -0.447 e. The van der Waals surface area contributed by atoms with E-state index in [0.29, 0.717) is 12.2 Å². The number of cyclic esters (lactones) is 1. The Balaban J connectivity index is 2.04. The number of hydrogen-bond donors (Lipinski definition) is 0. The Morgan fingerprint density at radius 1 is 1.41 bits per heavy atom. The van der Waals surface area contributed by atoms with Crippen molar-refractivity contribution >= 4 is 11.9 Å². The second kappa shape index (κ2) is 4.57. The Morgan fingerprint density at radius 2 is 2.06 bits per heavy atom. The molecule has 90 valence electrons. The van der Waals surface area contributed by atoms with Gasteiger partial charge in [0.05, 0.1) is 6.04 Å². The SMILES string of the molecule is CC(=O)c1ccc(CC2COC(=O)N2C)cc1. The lowest BCUT2D eigenvalue weighted by Gasteiger charge is -2.15. The maximum absolute atomic E-state index is 11.2. The molecule has 2 rings (SSSR count). The van der Waals surface area contributed by atoms with E-state index in [4.69, 9.17) is 4.74 Å². The number of rotatable bonds is 3. The Bertz CT molecular complexity index is 438. The Hall–Kier alpha value is -1.84. The standard InChI is InChI=1S/C13H15NO3/c1-9(15)11-5-3-10(4-6-11)7-12-8-17-13(16)14(12)2/h3-6,12H,7-8H2,1-2H3. The molecule has 0 aliphatic carbocycles. The molecule has 0 spiro atoms.